The summed E-state index contributed by atoms with van der Waals surface area (Å²) >= 11 is 1.50. The Labute approximate surface area is 174 Å². The maximum Gasteiger partial charge on any atom is 0.228 e. The quantitative estimate of drug-likeness (QED) is 0.724. The highest BCUT2D eigenvalue weighted by atomic mass is 32.2. The summed E-state index contributed by atoms with van der Waals surface area (Å²) in [5.41, 5.74) is 1.02. The lowest BCUT2D eigenvalue weighted by molar-refractivity contribution is -0.119. The standard InChI is InChI=1S/C20H22N2O5S2/c1-13(20(24)21-14-4-3-5-15(10-14)27-2)12-29(25,26)16-6-7-18-17(11-16)22-19(23)8-9-28-18/h3-7,10-11,13H,8-9,12H2,1-2H3,(H,21,24)(H,22,23)/t13-/m0/s1. The number of anilines is 2. The Bertz CT molecular complexity index is 1040. The number of carbonyl (C=O) groups excluding carboxylic acids is 2. The first kappa shape index (κ1) is 21.2. The third-order valence-corrected chi connectivity index (χ3v) is 7.41. The van der Waals surface area contributed by atoms with Crippen molar-refractivity contribution in [3.63, 3.8) is 0 Å². The molecule has 0 unspecified atom stereocenters. The summed E-state index contributed by atoms with van der Waals surface area (Å²) in [5.74, 6) is -0.422. The van der Waals surface area contributed by atoms with E-state index in [0.29, 0.717) is 29.3 Å². The smallest absolute Gasteiger partial charge is 0.228 e. The number of fused-ring (bicyclic) bond motifs is 1. The zero-order chi connectivity index (χ0) is 21.0. The molecule has 2 aromatic rings. The van der Waals surface area contributed by atoms with Crippen LogP contribution in [-0.2, 0) is 19.4 Å². The number of sulfone groups is 1. The normalized spacial score (nSPS) is 14.9. The fraction of sp³-hybridized carbons (Fsp3) is 0.300. The number of ether oxygens (including phenoxy) is 1. The molecule has 0 aromatic heterocycles. The number of rotatable bonds is 6. The second-order valence-electron chi connectivity index (χ2n) is 6.71. The summed E-state index contributed by atoms with van der Waals surface area (Å²) in [6.07, 6.45) is 0.378. The fourth-order valence-corrected chi connectivity index (χ4v) is 5.37. The number of hydrogen-bond donors (Lipinski definition) is 2. The first-order chi connectivity index (χ1) is 13.8. The lowest BCUT2D eigenvalue weighted by Gasteiger charge is -2.14. The predicted octanol–water partition coefficient (Wildman–Crippen LogP) is 3.18. The molecule has 0 radical (unpaired) electrons. The Morgan fingerprint density at radius 3 is 2.83 bits per heavy atom. The molecule has 0 bridgehead atoms. The zero-order valence-corrected chi connectivity index (χ0v) is 17.7. The van der Waals surface area contributed by atoms with Crippen LogP contribution in [0.25, 0.3) is 0 Å². The number of benzene rings is 2. The van der Waals surface area contributed by atoms with Crippen molar-refractivity contribution in [2.75, 3.05) is 29.2 Å². The number of hydrogen-bond acceptors (Lipinski definition) is 6. The molecule has 1 heterocycles. The van der Waals surface area contributed by atoms with Crippen molar-refractivity contribution < 1.29 is 22.7 Å². The lowest BCUT2D eigenvalue weighted by atomic mass is 10.2. The van der Waals surface area contributed by atoms with Gasteiger partial charge in [-0.1, -0.05) is 13.0 Å². The van der Waals surface area contributed by atoms with E-state index in [-0.39, 0.29) is 16.6 Å². The van der Waals surface area contributed by atoms with Crippen LogP contribution in [0.3, 0.4) is 0 Å². The summed E-state index contributed by atoms with van der Waals surface area (Å²) < 4.78 is 30.8. The van der Waals surface area contributed by atoms with Crippen LogP contribution in [0.1, 0.15) is 13.3 Å². The third-order valence-electron chi connectivity index (χ3n) is 4.43. The van der Waals surface area contributed by atoms with E-state index in [1.807, 2.05) is 0 Å². The van der Waals surface area contributed by atoms with Crippen molar-refractivity contribution in [3.05, 3.63) is 42.5 Å². The van der Waals surface area contributed by atoms with Gasteiger partial charge in [0.15, 0.2) is 9.84 Å². The van der Waals surface area contributed by atoms with Crippen LogP contribution in [0.15, 0.2) is 52.3 Å². The van der Waals surface area contributed by atoms with Gasteiger partial charge in [-0.25, -0.2) is 8.42 Å². The zero-order valence-electron chi connectivity index (χ0n) is 16.1. The minimum atomic E-state index is -3.72. The van der Waals surface area contributed by atoms with E-state index in [0.717, 1.165) is 4.90 Å². The molecule has 1 aliphatic rings. The summed E-state index contributed by atoms with van der Waals surface area (Å²) in [6, 6.07) is 11.5. The Morgan fingerprint density at radius 2 is 2.07 bits per heavy atom. The first-order valence-electron chi connectivity index (χ1n) is 9.03. The van der Waals surface area contributed by atoms with Gasteiger partial charge in [-0.15, -0.1) is 11.8 Å². The number of carbonyl (C=O) groups is 2. The maximum absolute atomic E-state index is 12.8. The van der Waals surface area contributed by atoms with Crippen molar-refractivity contribution >= 4 is 44.8 Å². The largest absolute Gasteiger partial charge is 0.497 e. The van der Waals surface area contributed by atoms with Crippen LogP contribution in [0.2, 0.25) is 0 Å². The molecule has 2 N–H and O–H groups in total. The van der Waals surface area contributed by atoms with Gasteiger partial charge in [0.1, 0.15) is 5.75 Å². The average molecular weight is 435 g/mol. The highest BCUT2D eigenvalue weighted by molar-refractivity contribution is 7.99. The van der Waals surface area contributed by atoms with E-state index < -0.39 is 21.7 Å². The molecule has 0 aliphatic carbocycles. The van der Waals surface area contributed by atoms with Gasteiger partial charge < -0.3 is 15.4 Å². The molecule has 0 saturated carbocycles. The minimum absolute atomic E-state index is 0.0834. The Balaban J connectivity index is 1.73. The van der Waals surface area contributed by atoms with Crippen molar-refractivity contribution in [2.24, 2.45) is 5.92 Å². The van der Waals surface area contributed by atoms with Gasteiger partial charge in [-0.3, -0.25) is 9.59 Å². The van der Waals surface area contributed by atoms with Gasteiger partial charge >= 0.3 is 0 Å². The highest BCUT2D eigenvalue weighted by Gasteiger charge is 2.25. The first-order valence-corrected chi connectivity index (χ1v) is 11.7. The van der Waals surface area contributed by atoms with Gasteiger partial charge in [0.2, 0.25) is 11.8 Å². The van der Waals surface area contributed by atoms with Crippen LogP contribution in [0, 0.1) is 5.92 Å². The van der Waals surface area contributed by atoms with E-state index >= 15 is 0 Å². The van der Waals surface area contributed by atoms with Crippen molar-refractivity contribution in [1.82, 2.24) is 0 Å². The lowest BCUT2D eigenvalue weighted by Crippen LogP contribution is -2.27. The summed E-state index contributed by atoms with van der Waals surface area (Å²) in [6.45, 7) is 1.56. The summed E-state index contributed by atoms with van der Waals surface area (Å²) in [7, 11) is -2.19. The number of methoxy groups -OCH3 is 1. The van der Waals surface area contributed by atoms with Crippen LogP contribution < -0.4 is 15.4 Å². The predicted molar refractivity (Wildman–Crippen MR) is 113 cm³/mol. The maximum atomic E-state index is 12.8. The molecule has 7 nitrogen and oxygen atoms in total. The molecule has 2 aromatic carbocycles. The van der Waals surface area contributed by atoms with Gasteiger partial charge in [0.25, 0.3) is 0 Å². The molecular weight excluding hydrogens is 412 g/mol. The molecule has 0 fully saturated rings. The van der Waals surface area contributed by atoms with Crippen molar-refractivity contribution in [2.45, 2.75) is 23.1 Å². The number of amides is 2. The third kappa shape index (κ3) is 5.30. The Morgan fingerprint density at radius 1 is 1.28 bits per heavy atom. The molecular formula is C20H22N2O5S2. The molecule has 2 amide bonds. The van der Waals surface area contributed by atoms with Crippen molar-refractivity contribution in [3.8, 4) is 5.75 Å². The number of thioether (sulfide) groups is 1. The molecule has 29 heavy (non-hydrogen) atoms. The Kier molecular flexibility index (Phi) is 6.49. The molecule has 1 atom stereocenters. The van der Waals surface area contributed by atoms with E-state index in [2.05, 4.69) is 10.6 Å². The van der Waals surface area contributed by atoms with E-state index in [4.69, 9.17) is 4.74 Å². The second kappa shape index (κ2) is 8.87. The van der Waals surface area contributed by atoms with E-state index in [1.165, 1.54) is 31.0 Å². The average Bonchev–Trinajstić information content (AvgIpc) is 2.87. The van der Waals surface area contributed by atoms with E-state index in [9.17, 15) is 18.0 Å². The SMILES string of the molecule is COc1cccc(NC(=O)[C@@H](C)CS(=O)(=O)c2ccc3c(c2)NC(=O)CCS3)c1. The molecule has 9 heteroatoms. The van der Waals surface area contributed by atoms with Crippen molar-refractivity contribution in [1.29, 1.82) is 0 Å². The fourth-order valence-electron chi connectivity index (χ4n) is 2.86. The highest BCUT2D eigenvalue weighted by Crippen LogP contribution is 2.33. The van der Waals surface area contributed by atoms with Crippen LogP contribution in [-0.4, -0.2) is 38.8 Å². The topological polar surface area (TPSA) is 102 Å². The molecule has 0 spiro atoms. The monoisotopic (exact) mass is 434 g/mol. The Hall–Kier alpha value is -2.52. The van der Waals surface area contributed by atoms with Crippen LogP contribution in [0.5, 0.6) is 5.75 Å². The molecule has 154 valence electrons. The number of nitrogens with one attached hydrogen (secondary N) is 2. The van der Waals surface area contributed by atoms with Crippen LogP contribution in [0.4, 0.5) is 11.4 Å². The molecule has 0 saturated heterocycles. The minimum Gasteiger partial charge on any atom is -0.497 e. The summed E-state index contributed by atoms with van der Waals surface area (Å²) in [5, 5.41) is 5.45. The van der Waals surface area contributed by atoms with Gasteiger partial charge in [-0.05, 0) is 30.3 Å². The van der Waals surface area contributed by atoms with Gasteiger partial charge in [0.05, 0.1) is 23.4 Å². The summed E-state index contributed by atoms with van der Waals surface area (Å²) in [4.78, 5) is 25.1. The van der Waals surface area contributed by atoms with Gasteiger partial charge in [-0.2, -0.15) is 0 Å². The molecule has 1 aliphatic heterocycles. The van der Waals surface area contributed by atoms with Crippen LogP contribution >= 0.6 is 11.8 Å². The second-order valence-corrected chi connectivity index (χ2v) is 9.88. The molecule has 3 rings (SSSR count). The van der Waals surface area contributed by atoms with Gasteiger partial charge in [0, 0.05) is 34.7 Å². The van der Waals surface area contributed by atoms with E-state index in [1.54, 1.807) is 37.3 Å².